The number of halogens is 1. The Labute approximate surface area is 234 Å². The second kappa shape index (κ2) is 13.0. The topological polar surface area (TPSA) is 67.9 Å². The van der Waals surface area contributed by atoms with Crippen molar-refractivity contribution in [2.75, 3.05) is 13.7 Å². The van der Waals surface area contributed by atoms with Crippen LogP contribution in [0.4, 0.5) is 0 Å². The van der Waals surface area contributed by atoms with Crippen LogP contribution in [0.15, 0.2) is 71.2 Å². The summed E-state index contributed by atoms with van der Waals surface area (Å²) in [5.74, 6) is 0.798. The third-order valence-electron chi connectivity index (χ3n) is 6.03. The summed E-state index contributed by atoms with van der Waals surface area (Å²) in [7, 11) is 1.60. The molecule has 0 spiro atoms. The van der Waals surface area contributed by atoms with E-state index >= 15 is 0 Å². The number of ether oxygens (including phenoxy) is 2. The fourth-order valence-electron chi connectivity index (χ4n) is 4.19. The molecule has 0 fully saturated rings. The van der Waals surface area contributed by atoms with E-state index in [2.05, 4.69) is 21.2 Å². The first-order valence-electron chi connectivity index (χ1n) is 12.6. The van der Waals surface area contributed by atoms with Gasteiger partial charge in [0.05, 0.1) is 7.11 Å². The fourth-order valence-corrected chi connectivity index (χ4v) is 4.42. The van der Waals surface area contributed by atoms with Gasteiger partial charge in [-0.3, -0.25) is 9.59 Å². The Balaban J connectivity index is 1.96. The van der Waals surface area contributed by atoms with Gasteiger partial charge in [0.1, 0.15) is 17.5 Å². The van der Waals surface area contributed by atoms with E-state index in [1.165, 1.54) is 0 Å². The molecule has 2 amide bonds. The molecule has 0 aromatic heterocycles. The molecule has 1 atom stereocenters. The number of hydrogen-bond acceptors (Lipinski definition) is 4. The predicted octanol–water partition coefficient (Wildman–Crippen LogP) is 6.01. The number of rotatable bonds is 10. The number of nitrogens with zero attached hydrogens (tertiary/aromatic N) is 1. The first-order valence-corrected chi connectivity index (χ1v) is 13.4. The van der Waals surface area contributed by atoms with E-state index in [-0.39, 0.29) is 25.0 Å². The Morgan fingerprint density at radius 1 is 0.921 bits per heavy atom. The van der Waals surface area contributed by atoms with Crippen LogP contribution in [0.3, 0.4) is 0 Å². The molecule has 38 heavy (non-hydrogen) atoms. The van der Waals surface area contributed by atoms with Gasteiger partial charge >= 0.3 is 0 Å². The second-order valence-electron chi connectivity index (χ2n) is 10.5. The van der Waals surface area contributed by atoms with E-state index < -0.39 is 11.6 Å². The smallest absolute Gasteiger partial charge is 0.261 e. The summed E-state index contributed by atoms with van der Waals surface area (Å²) in [6.45, 7) is 9.78. The van der Waals surface area contributed by atoms with E-state index in [4.69, 9.17) is 9.47 Å². The van der Waals surface area contributed by atoms with Gasteiger partial charge in [-0.1, -0.05) is 58.4 Å². The third-order valence-corrected chi connectivity index (χ3v) is 7.28. The molecule has 3 rings (SSSR count). The predicted molar refractivity (Wildman–Crippen MR) is 154 cm³/mol. The van der Waals surface area contributed by atoms with Crippen molar-refractivity contribution in [1.29, 1.82) is 0 Å². The number of aryl methyl sites for hydroxylation is 2. The lowest BCUT2D eigenvalue weighted by atomic mass is 10.0. The molecule has 3 aromatic rings. The summed E-state index contributed by atoms with van der Waals surface area (Å²) < 4.78 is 12.4. The number of carbonyl (C=O) groups excluding carboxylic acids is 2. The number of nitrogens with one attached hydrogen (secondary N) is 1. The van der Waals surface area contributed by atoms with Gasteiger partial charge in [-0.05, 0) is 81.1 Å². The van der Waals surface area contributed by atoms with E-state index in [9.17, 15) is 9.59 Å². The average molecular weight is 582 g/mol. The Hall–Kier alpha value is -3.32. The SMILES string of the molecule is COc1cccc(CN(C(=O)COc2cc(C)c(Br)c(C)c2)C(Cc2ccccc2)C(=O)NC(C)(C)C)c1. The van der Waals surface area contributed by atoms with E-state index in [1.54, 1.807) is 12.0 Å². The molecule has 3 aromatic carbocycles. The molecular weight excluding hydrogens is 544 g/mol. The molecule has 0 aliphatic rings. The molecule has 0 heterocycles. The first-order chi connectivity index (χ1) is 18.0. The third kappa shape index (κ3) is 8.35. The molecular formula is C31H37BrN2O4. The molecule has 1 N–H and O–H groups in total. The Morgan fingerprint density at radius 2 is 1.55 bits per heavy atom. The van der Waals surface area contributed by atoms with Crippen LogP contribution in [0.2, 0.25) is 0 Å². The van der Waals surface area contributed by atoms with Gasteiger partial charge in [-0.25, -0.2) is 0 Å². The van der Waals surface area contributed by atoms with Crippen molar-refractivity contribution in [3.8, 4) is 11.5 Å². The monoisotopic (exact) mass is 580 g/mol. The summed E-state index contributed by atoms with van der Waals surface area (Å²) in [5.41, 5.74) is 3.40. The van der Waals surface area contributed by atoms with Gasteiger partial charge < -0.3 is 19.7 Å². The molecule has 1 unspecified atom stereocenters. The maximum Gasteiger partial charge on any atom is 0.261 e. The highest BCUT2D eigenvalue weighted by molar-refractivity contribution is 9.10. The normalized spacial score (nSPS) is 12.0. The van der Waals surface area contributed by atoms with Gasteiger partial charge in [0.2, 0.25) is 5.91 Å². The number of methoxy groups -OCH3 is 1. The molecule has 0 aliphatic heterocycles. The van der Waals surface area contributed by atoms with Crippen molar-refractivity contribution in [3.63, 3.8) is 0 Å². The quantitative estimate of drug-likeness (QED) is 0.319. The molecule has 0 saturated heterocycles. The Morgan fingerprint density at radius 3 is 2.16 bits per heavy atom. The van der Waals surface area contributed by atoms with Crippen LogP contribution in [-0.2, 0) is 22.6 Å². The number of amides is 2. The van der Waals surface area contributed by atoms with Gasteiger partial charge in [0, 0.05) is 23.0 Å². The zero-order valence-electron chi connectivity index (χ0n) is 23.0. The molecule has 0 aliphatic carbocycles. The molecule has 202 valence electrons. The number of hydrogen-bond donors (Lipinski definition) is 1. The van der Waals surface area contributed by atoms with Crippen LogP contribution in [0.5, 0.6) is 11.5 Å². The highest BCUT2D eigenvalue weighted by Crippen LogP contribution is 2.26. The maximum atomic E-state index is 13.8. The number of carbonyl (C=O) groups is 2. The summed E-state index contributed by atoms with van der Waals surface area (Å²) >= 11 is 3.57. The van der Waals surface area contributed by atoms with Gasteiger partial charge in [0.25, 0.3) is 5.91 Å². The minimum absolute atomic E-state index is 0.196. The highest BCUT2D eigenvalue weighted by atomic mass is 79.9. The summed E-state index contributed by atoms with van der Waals surface area (Å²) in [4.78, 5) is 29.1. The van der Waals surface area contributed by atoms with Crippen molar-refractivity contribution in [1.82, 2.24) is 10.2 Å². The summed E-state index contributed by atoms with van der Waals surface area (Å²) in [6.07, 6.45) is 0.370. The summed E-state index contributed by atoms with van der Waals surface area (Å²) in [6, 6.07) is 20.3. The lowest BCUT2D eigenvalue weighted by molar-refractivity contribution is -0.143. The average Bonchev–Trinajstić information content (AvgIpc) is 2.87. The Kier molecular flexibility index (Phi) is 9.97. The van der Waals surface area contributed by atoms with Crippen LogP contribution in [0.1, 0.15) is 43.0 Å². The van der Waals surface area contributed by atoms with E-state index in [0.29, 0.717) is 17.9 Å². The van der Waals surface area contributed by atoms with Crippen LogP contribution in [-0.4, -0.2) is 42.0 Å². The molecule has 0 bridgehead atoms. The lowest BCUT2D eigenvalue weighted by Crippen LogP contribution is -2.55. The zero-order chi connectivity index (χ0) is 27.9. The van der Waals surface area contributed by atoms with Crippen LogP contribution in [0.25, 0.3) is 0 Å². The van der Waals surface area contributed by atoms with Gasteiger partial charge in [-0.15, -0.1) is 0 Å². The molecule has 0 saturated carbocycles. The fraction of sp³-hybridized carbons (Fsp3) is 0.355. The first kappa shape index (κ1) is 29.2. The largest absolute Gasteiger partial charge is 0.497 e. The van der Waals surface area contributed by atoms with Crippen LogP contribution >= 0.6 is 15.9 Å². The summed E-state index contributed by atoms with van der Waals surface area (Å²) in [5, 5.41) is 3.07. The van der Waals surface area contributed by atoms with Crippen molar-refractivity contribution < 1.29 is 19.1 Å². The molecule has 0 radical (unpaired) electrons. The maximum absolute atomic E-state index is 13.8. The van der Waals surface area contributed by atoms with Crippen LogP contribution < -0.4 is 14.8 Å². The minimum atomic E-state index is -0.743. The van der Waals surface area contributed by atoms with Crippen molar-refractivity contribution in [2.45, 2.75) is 59.2 Å². The van der Waals surface area contributed by atoms with Gasteiger partial charge in [0.15, 0.2) is 6.61 Å². The molecule has 6 nitrogen and oxygen atoms in total. The lowest BCUT2D eigenvalue weighted by Gasteiger charge is -2.33. The van der Waals surface area contributed by atoms with Crippen molar-refractivity contribution >= 4 is 27.7 Å². The second-order valence-corrected chi connectivity index (χ2v) is 11.3. The standard InChI is InChI=1S/C31H37BrN2O4/c1-21-15-26(16-22(2)29(21)32)38-20-28(35)34(19-24-13-10-14-25(17-24)37-6)27(30(36)33-31(3,4)5)18-23-11-8-7-9-12-23/h7-17,27H,18-20H2,1-6H3,(H,33,36). The van der Waals surface area contributed by atoms with E-state index in [1.807, 2.05) is 101 Å². The number of benzene rings is 3. The van der Waals surface area contributed by atoms with Crippen molar-refractivity contribution in [3.05, 3.63) is 93.5 Å². The van der Waals surface area contributed by atoms with E-state index in [0.717, 1.165) is 26.7 Å². The molecule has 7 heteroatoms. The highest BCUT2D eigenvalue weighted by Gasteiger charge is 2.32. The van der Waals surface area contributed by atoms with Crippen LogP contribution in [0, 0.1) is 13.8 Å². The zero-order valence-corrected chi connectivity index (χ0v) is 24.6. The Bertz CT molecular complexity index is 1230. The minimum Gasteiger partial charge on any atom is -0.497 e. The van der Waals surface area contributed by atoms with Crippen molar-refractivity contribution in [2.24, 2.45) is 0 Å². The van der Waals surface area contributed by atoms with Gasteiger partial charge in [-0.2, -0.15) is 0 Å².